The zero-order valence-corrected chi connectivity index (χ0v) is 5.64. The van der Waals surface area contributed by atoms with E-state index in [9.17, 15) is 4.79 Å². The van der Waals surface area contributed by atoms with E-state index in [0.717, 1.165) is 6.08 Å². The third-order valence-corrected chi connectivity index (χ3v) is 0.980. The summed E-state index contributed by atoms with van der Waals surface area (Å²) in [5.41, 5.74) is 0.537. The predicted octanol–water partition coefficient (Wildman–Crippen LogP) is 0.574. The van der Waals surface area contributed by atoms with Gasteiger partial charge in [0.15, 0.2) is 0 Å². The first-order valence-corrected chi connectivity index (χ1v) is 2.96. The molecule has 1 N–H and O–H groups in total. The molecule has 0 saturated heterocycles. The molecule has 0 radical (unpaired) electrons. The predicted molar refractivity (Wildman–Crippen MR) is 38.7 cm³/mol. The molecule has 0 atom stereocenters. The van der Waals surface area contributed by atoms with Crippen LogP contribution in [0.4, 0.5) is 0 Å². The molecule has 1 aromatic heterocycles. The topological polar surface area (TPSA) is 63.1 Å². The van der Waals surface area contributed by atoms with Crippen LogP contribution in [-0.4, -0.2) is 21.0 Å². The van der Waals surface area contributed by atoms with E-state index in [1.54, 1.807) is 0 Å². The lowest BCUT2D eigenvalue weighted by molar-refractivity contribution is -0.131. The van der Waals surface area contributed by atoms with Crippen molar-refractivity contribution in [2.24, 2.45) is 0 Å². The Morgan fingerprint density at radius 3 is 2.91 bits per heavy atom. The van der Waals surface area contributed by atoms with E-state index in [-0.39, 0.29) is 0 Å². The minimum Gasteiger partial charge on any atom is -0.478 e. The number of hydrogen-bond donors (Lipinski definition) is 1. The maximum Gasteiger partial charge on any atom is 0.328 e. The van der Waals surface area contributed by atoms with Crippen LogP contribution in [0.3, 0.4) is 0 Å². The number of carboxylic acid groups (broad SMARTS) is 1. The van der Waals surface area contributed by atoms with E-state index in [2.05, 4.69) is 9.97 Å². The maximum absolute atomic E-state index is 10.0. The Balaban J connectivity index is 2.72. The monoisotopic (exact) mass is 150 g/mol. The second-order valence-corrected chi connectivity index (χ2v) is 1.80. The van der Waals surface area contributed by atoms with E-state index >= 15 is 0 Å². The van der Waals surface area contributed by atoms with Gasteiger partial charge in [0.25, 0.3) is 0 Å². The highest BCUT2D eigenvalue weighted by Gasteiger charge is 1.87. The van der Waals surface area contributed by atoms with E-state index in [4.69, 9.17) is 5.11 Å². The van der Waals surface area contributed by atoms with Crippen molar-refractivity contribution in [2.75, 3.05) is 0 Å². The summed E-state index contributed by atoms with van der Waals surface area (Å²) in [5.74, 6) is -0.990. The number of nitrogens with zero attached hydrogens (tertiary/aromatic N) is 2. The lowest BCUT2D eigenvalue weighted by atomic mass is 10.4. The van der Waals surface area contributed by atoms with Gasteiger partial charge in [0.05, 0.1) is 11.9 Å². The van der Waals surface area contributed by atoms with Crippen molar-refractivity contribution >= 4 is 12.0 Å². The minimum atomic E-state index is -0.990. The summed E-state index contributed by atoms with van der Waals surface area (Å²) in [6, 6.07) is 0. The standard InChI is InChI=1S/C7H6N2O2/c10-7(11)2-1-6-5-8-3-4-9-6/h1-5H,(H,10,11)/b2-1-. The molecule has 4 nitrogen and oxygen atoms in total. The van der Waals surface area contributed by atoms with Crippen LogP contribution in [0.25, 0.3) is 6.08 Å². The van der Waals surface area contributed by atoms with Crippen molar-refractivity contribution < 1.29 is 9.90 Å². The van der Waals surface area contributed by atoms with Gasteiger partial charge < -0.3 is 5.11 Å². The molecule has 0 unspecified atom stereocenters. The molecule has 0 amide bonds. The van der Waals surface area contributed by atoms with E-state index in [0.29, 0.717) is 5.69 Å². The summed E-state index contributed by atoms with van der Waals surface area (Å²) in [6.45, 7) is 0. The number of rotatable bonds is 2. The molecule has 0 aliphatic heterocycles. The summed E-state index contributed by atoms with van der Waals surface area (Å²) in [7, 11) is 0. The fourth-order valence-electron chi connectivity index (χ4n) is 0.553. The van der Waals surface area contributed by atoms with Gasteiger partial charge in [-0.1, -0.05) is 0 Å². The summed E-state index contributed by atoms with van der Waals surface area (Å²) in [6.07, 6.45) is 6.92. The number of carboxylic acids is 1. The van der Waals surface area contributed by atoms with Crippen molar-refractivity contribution in [3.05, 3.63) is 30.4 Å². The normalized spacial score (nSPS) is 10.2. The molecule has 0 fully saturated rings. The summed E-state index contributed by atoms with van der Waals surface area (Å²) in [4.78, 5) is 17.6. The quantitative estimate of drug-likeness (QED) is 0.626. The Hall–Kier alpha value is -1.71. The Labute approximate surface area is 63.2 Å². The molecule has 0 spiro atoms. The first-order chi connectivity index (χ1) is 5.29. The third-order valence-electron chi connectivity index (χ3n) is 0.980. The van der Waals surface area contributed by atoms with Crippen molar-refractivity contribution in [1.29, 1.82) is 0 Å². The van der Waals surface area contributed by atoms with Crippen LogP contribution >= 0.6 is 0 Å². The van der Waals surface area contributed by atoms with Gasteiger partial charge in [0.1, 0.15) is 0 Å². The lowest BCUT2D eigenvalue weighted by Crippen LogP contribution is -1.87. The second-order valence-electron chi connectivity index (χ2n) is 1.80. The molecule has 1 heterocycles. The fourth-order valence-corrected chi connectivity index (χ4v) is 0.553. The van der Waals surface area contributed by atoms with E-state index in [1.807, 2.05) is 0 Å². The average molecular weight is 150 g/mol. The summed E-state index contributed by atoms with van der Waals surface area (Å²) >= 11 is 0. The smallest absolute Gasteiger partial charge is 0.328 e. The molecule has 0 saturated carbocycles. The van der Waals surface area contributed by atoms with Gasteiger partial charge in [0, 0.05) is 18.5 Å². The highest BCUT2D eigenvalue weighted by molar-refractivity contribution is 5.84. The van der Waals surface area contributed by atoms with Crippen LogP contribution in [0.1, 0.15) is 5.69 Å². The number of hydrogen-bond acceptors (Lipinski definition) is 3. The van der Waals surface area contributed by atoms with Crippen molar-refractivity contribution in [3.8, 4) is 0 Å². The number of carbonyl (C=O) groups is 1. The fraction of sp³-hybridized carbons (Fsp3) is 0. The van der Waals surface area contributed by atoms with Crippen LogP contribution in [0.15, 0.2) is 24.7 Å². The summed E-state index contributed by atoms with van der Waals surface area (Å²) < 4.78 is 0. The Morgan fingerprint density at radius 2 is 2.36 bits per heavy atom. The highest BCUT2D eigenvalue weighted by Crippen LogP contribution is 1.92. The van der Waals surface area contributed by atoms with Gasteiger partial charge in [-0.3, -0.25) is 9.97 Å². The maximum atomic E-state index is 10.0. The molecule has 1 aromatic rings. The molecule has 0 aliphatic carbocycles. The molecule has 0 aliphatic rings. The van der Waals surface area contributed by atoms with Crippen molar-refractivity contribution in [3.63, 3.8) is 0 Å². The van der Waals surface area contributed by atoms with Crippen LogP contribution in [0.5, 0.6) is 0 Å². The zero-order valence-electron chi connectivity index (χ0n) is 5.64. The van der Waals surface area contributed by atoms with Gasteiger partial charge in [-0.15, -0.1) is 0 Å². The molecule has 0 aromatic carbocycles. The SMILES string of the molecule is O=C(O)/C=C\c1cnccn1. The Bertz CT molecular complexity index is 269. The van der Waals surface area contributed by atoms with Crippen LogP contribution in [-0.2, 0) is 4.79 Å². The van der Waals surface area contributed by atoms with E-state index in [1.165, 1.54) is 24.7 Å². The first kappa shape index (κ1) is 7.40. The van der Waals surface area contributed by atoms with Crippen molar-refractivity contribution in [1.82, 2.24) is 9.97 Å². The van der Waals surface area contributed by atoms with Gasteiger partial charge in [-0.05, 0) is 6.08 Å². The van der Waals surface area contributed by atoms with Crippen LogP contribution in [0.2, 0.25) is 0 Å². The molecule has 11 heavy (non-hydrogen) atoms. The largest absolute Gasteiger partial charge is 0.478 e. The molecular formula is C7H6N2O2. The minimum absolute atomic E-state index is 0.537. The highest BCUT2D eigenvalue weighted by atomic mass is 16.4. The number of aromatic nitrogens is 2. The Morgan fingerprint density at radius 1 is 1.55 bits per heavy atom. The van der Waals surface area contributed by atoms with Gasteiger partial charge >= 0.3 is 5.97 Å². The van der Waals surface area contributed by atoms with Crippen LogP contribution in [0, 0.1) is 0 Å². The lowest BCUT2D eigenvalue weighted by Gasteiger charge is -1.86. The second kappa shape index (κ2) is 3.46. The number of aliphatic carboxylic acids is 1. The summed E-state index contributed by atoms with van der Waals surface area (Å²) in [5, 5.41) is 8.24. The van der Waals surface area contributed by atoms with Crippen LogP contribution < -0.4 is 0 Å². The third kappa shape index (κ3) is 2.57. The molecule has 1 rings (SSSR count). The first-order valence-electron chi connectivity index (χ1n) is 2.96. The van der Waals surface area contributed by atoms with E-state index < -0.39 is 5.97 Å². The molecule has 0 bridgehead atoms. The molecule has 56 valence electrons. The molecular weight excluding hydrogens is 144 g/mol. The Kier molecular flexibility index (Phi) is 2.32. The van der Waals surface area contributed by atoms with Gasteiger partial charge in [0.2, 0.25) is 0 Å². The average Bonchev–Trinajstić information content (AvgIpc) is 2.03. The zero-order chi connectivity index (χ0) is 8.10. The van der Waals surface area contributed by atoms with Gasteiger partial charge in [-0.25, -0.2) is 4.79 Å². The van der Waals surface area contributed by atoms with Crippen molar-refractivity contribution in [2.45, 2.75) is 0 Å². The molecule has 4 heteroatoms. The van der Waals surface area contributed by atoms with Gasteiger partial charge in [-0.2, -0.15) is 0 Å².